The van der Waals surface area contributed by atoms with E-state index in [4.69, 9.17) is 0 Å². The largest absolute Gasteiger partial charge is 0.303 e. The maximum absolute atomic E-state index is 10.7. The Labute approximate surface area is 61.8 Å². The summed E-state index contributed by atoms with van der Waals surface area (Å²) in [6.45, 7) is 2.13. The third-order valence-electron chi connectivity index (χ3n) is 3.47. The SMILES string of the molecule is CC1(C=O)CC2CCC1C2. The lowest BCUT2D eigenvalue weighted by Gasteiger charge is -2.27. The van der Waals surface area contributed by atoms with Crippen LogP contribution in [0.3, 0.4) is 0 Å². The highest BCUT2D eigenvalue weighted by molar-refractivity contribution is 5.60. The standard InChI is InChI=1S/C9H14O/c1-9(6-10)5-7-2-3-8(9)4-7/h6-8H,2-5H2,1H3. The van der Waals surface area contributed by atoms with E-state index in [2.05, 4.69) is 6.92 Å². The van der Waals surface area contributed by atoms with Crippen LogP contribution >= 0.6 is 0 Å². The van der Waals surface area contributed by atoms with Crippen molar-refractivity contribution in [3.8, 4) is 0 Å². The van der Waals surface area contributed by atoms with Crippen LogP contribution in [0.2, 0.25) is 0 Å². The third-order valence-corrected chi connectivity index (χ3v) is 3.47. The highest BCUT2D eigenvalue weighted by atomic mass is 16.1. The number of aldehydes is 1. The van der Waals surface area contributed by atoms with Crippen LogP contribution in [-0.2, 0) is 4.79 Å². The van der Waals surface area contributed by atoms with Crippen molar-refractivity contribution in [2.75, 3.05) is 0 Å². The Bertz CT molecular complexity index is 164. The van der Waals surface area contributed by atoms with Gasteiger partial charge in [-0.15, -0.1) is 0 Å². The second kappa shape index (κ2) is 1.84. The van der Waals surface area contributed by atoms with Crippen molar-refractivity contribution in [2.45, 2.75) is 32.6 Å². The average molecular weight is 138 g/mol. The van der Waals surface area contributed by atoms with E-state index in [9.17, 15) is 4.79 Å². The minimum absolute atomic E-state index is 0.0723. The molecule has 2 rings (SSSR count). The first kappa shape index (κ1) is 6.38. The fourth-order valence-corrected chi connectivity index (χ4v) is 2.79. The molecule has 2 fully saturated rings. The molecule has 0 heterocycles. The number of hydrogen-bond acceptors (Lipinski definition) is 1. The molecule has 2 aliphatic rings. The van der Waals surface area contributed by atoms with E-state index in [-0.39, 0.29) is 5.41 Å². The molecule has 56 valence electrons. The lowest BCUT2D eigenvalue weighted by Crippen LogP contribution is -2.25. The normalized spacial score (nSPS) is 51.7. The Balaban J connectivity index is 2.21. The van der Waals surface area contributed by atoms with E-state index in [1.807, 2.05) is 0 Å². The highest BCUT2D eigenvalue weighted by Crippen LogP contribution is 2.54. The molecule has 3 unspecified atom stereocenters. The molecule has 0 N–H and O–H groups in total. The highest BCUT2D eigenvalue weighted by Gasteiger charge is 2.47. The monoisotopic (exact) mass is 138 g/mol. The lowest BCUT2D eigenvalue weighted by atomic mass is 9.76. The Morgan fingerprint density at radius 3 is 2.60 bits per heavy atom. The van der Waals surface area contributed by atoms with Gasteiger partial charge in [0.05, 0.1) is 0 Å². The molecule has 0 aromatic rings. The zero-order valence-corrected chi connectivity index (χ0v) is 6.47. The van der Waals surface area contributed by atoms with Gasteiger partial charge in [-0.25, -0.2) is 0 Å². The summed E-state index contributed by atoms with van der Waals surface area (Å²) in [5, 5.41) is 0. The Morgan fingerprint density at radius 1 is 1.50 bits per heavy atom. The van der Waals surface area contributed by atoms with Crippen molar-refractivity contribution >= 4 is 6.29 Å². The van der Waals surface area contributed by atoms with E-state index in [0.29, 0.717) is 0 Å². The van der Waals surface area contributed by atoms with Crippen LogP contribution in [-0.4, -0.2) is 6.29 Å². The fraction of sp³-hybridized carbons (Fsp3) is 0.889. The van der Waals surface area contributed by atoms with Crippen molar-refractivity contribution < 1.29 is 4.79 Å². The molecular formula is C9H14O. The van der Waals surface area contributed by atoms with Crippen LogP contribution in [0.1, 0.15) is 32.6 Å². The average Bonchev–Trinajstić information content (AvgIpc) is 2.46. The molecule has 2 bridgehead atoms. The van der Waals surface area contributed by atoms with Crippen molar-refractivity contribution in [1.29, 1.82) is 0 Å². The van der Waals surface area contributed by atoms with Gasteiger partial charge in [0.2, 0.25) is 0 Å². The van der Waals surface area contributed by atoms with Crippen LogP contribution in [0.4, 0.5) is 0 Å². The molecule has 0 aromatic carbocycles. The molecule has 0 radical (unpaired) electrons. The molecular weight excluding hydrogens is 124 g/mol. The van der Waals surface area contributed by atoms with E-state index < -0.39 is 0 Å². The quantitative estimate of drug-likeness (QED) is 0.506. The third kappa shape index (κ3) is 0.664. The summed E-state index contributed by atoms with van der Waals surface area (Å²) < 4.78 is 0. The van der Waals surface area contributed by atoms with Gasteiger partial charge in [-0.3, -0.25) is 0 Å². The number of hydrogen-bond donors (Lipinski definition) is 0. The predicted octanol–water partition coefficient (Wildman–Crippen LogP) is 2.01. The second-order valence-corrected chi connectivity index (χ2v) is 4.20. The zero-order chi connectivity index (χ0) is 7.19. The molecule has 0 amide bonds. The van der Waals surface area contributed by atoms with E-state index in [0.717, 1.165) is 11.8 Å². The van der Waals surface area contributed by atoms with Gasteiger partial charge in [-0.1, -0.05) is 13.3 Å². The minimum Gasteiger partial charge on any atom is -0.303 e. The minimum atomic E-state index is 0.0723. The fourth-order valence-electron chi connectivity index (χ4n) is 2.79. The Hall–Kier alpha value is -0.330. The summed E-state index contributed by atoms with van der Waals surface area (Å²) in [5.41, 5.74) is 0.0723. The van der Waals surface area contributed by atoms with Crippen LogP contribution in [0.15, 0.2) is 0 Å². The topological polar surface area (TPSA) is 17.1 Å². The van der Waals surface area contributed by atoms with Crippen LogP contribution in [0.25, 0.3) is 0 Å². The molecule has 2 aliphatic carbocycles. The van der Waals surface area contributed by atoms with Gasteiger partial charge in [-0.05, 0) is 31.1 Å². The number of carbonyl (C=O) groups excluding carboxylic acids is 1. The van der Waals surface area contributed by atoms with Crippen molar-refractivity contribution in [3.63, 3.8) is 0 Å². The van der Waals surface area contributed by atoms with Crippen molar-refractivity contribution in [1.82, 2.24) is 0 Å². The number of fused-ring (bicyclic) bond motifs is 2. The summed E-state index contributed by atoms with van der Waals surface area (Å²) in [5.74, 6) is 1.62. The molecule has 2 saturated carbocycles. The van der Waals surface area contributed by atoms with Gasteiger partial charge in [0.1, 0.15) is 6.29 Å². The number of rotatable bonds is 1. The molecule has 10 heavy (non-hydrogen) atoms. The van der Waals surface area contributed by atoms with E-state index >= 15 is 0 Å². The summed E-state index contributed by atoms with van der Waals surface area (Å²) in [6.07, 6.45) is 6.38. The van der Waals surface area contributed by atoms with Gasteiger partial charge < -0.3 is 4.79 Å². The number of carbonyl (C=O) groups is 1. The second-order valence-electron chi connectivity index (χ2n) is 4.20. The maximum Gasteiger partial charge on any atom is 0.126 e. The molecule has 0 aromatic heterocycles. The predicted molar refractivity (Wildman–Crippen MR) is 39.6 cm³/mol. The molecule has 1 heteroatoms. The maximum atomic E-state index is 10.7. The summed E-state index contributed by atoms with van der Waals surface area (Å²) in [7, 11) is 0. The smallest absolute Gasteiger partial charge is 0.126 e. The van der Waals surface area contributed by atoms with Gasteiger partial charge in [-0.2, -0.15) is 0 Å². The molecule has 0 aliphatic heterocycles. The van der Waals surface area contributed by atoms with Crippen molar-refractivity contribution in [3.05, 3.63) is 0 Å². The van der Waals surface area contributed by atoms with E-state index in [1.165, 1.54) is 32.0 Å². The summed E-state index contributed by atoms with van der Waals surface area (Å²) >= 11 is 0. The van der Waals surface area contributed by atoms with Crippen LogP contribution in [0, 0.1) is 17.3 Å². The Morgan fingerprint density at radius 2 is 2.30 bits per heavy atom. The molecule has 0 saturated heterocycles. The molecule has 0 spiro atoms. The zero-order valence-electron chi connectivity index (χ0n) is 6.47. The van der Waals surface area contributed by atoms with Gasteiger partial charge in [0.25, 0.3) is 0 Å². The van der Waals surface area contributed by atoms with E-state index in [1.54, 1.807) is 0 Å². The Kier molecular flexibility index (Phi) is 1.17. The molecule has 3 atom stereocenters. The van der Waals surface area contributed by atoms with Crippen LogP contribution in [0.5, 0.6) is 0 Å². The molecule has 1 nitrogen and oxygen atoms in total. The first-order valence-electron chi connectivity index (χ1n) is 4.21. The summed E-state index contributed by atoms with van der Waals surface area (Å²) in [4.78, 5) is 10.7. The first-order valence-corrected chi connectivity index (χ1v) is 4.21. The van der Waals surface area contributed by atoms with Gasteiger partial charge in [0, 0.05) is 5.41 Å². The van der Waals surface area contributed by atoms with Crippen LogP contribution < -0.4 is 0 Å². The van der Waals surface area contributed by atoms with Gasteiger partial charge in [0.15, 0.2) is 0 Å². The van der Waals surface area contributed by atoms with Crippen molar-refractivity contribution in [2.24, 2.45) is 17.3 Å². The first-order chi connectivity index (χ1) is 4.74. The summed E-state index contributed by atoms with van der Waals surface area (Å²) in [6, 6.07) is 0. The van der Waals surface area contributed by atoms with Gasteiger partial charge >= 0.3 is 0 Å². The lowest BCUT2D eigenvalue weighted by molar-refractivity contribution is -0.117.